The van der Waals surface area contributed by atoms with Crippen molar-refractivity contribution in [3.05, 3.63) is 22.4 Å². The Morgan fingerprint density at radius 1 is 1.58 bits per heavy atom. The fourth-order valence-corrected chi connectivity index (χ4v) is 4.63. The molecule has 0 bridgehead atoms. The van der Waals surface area contributed by atoms with Gasteiger partial charge in [0, 0.05) is 26.1 Å². The molecule has 2 atom stereocenters. The van der Waals surface area contributed by atoms with Crippen molar-refractivity contribution in [3.63, 3.8) is 0 Å². The molecule has 2 heterocycles. The van der Waals surface area contributed by atoms with Gasteiger partial charge in [-0.2, -0.15) is 11.3 Å². The molecule has 3 rings (SSSR count). The van der Waals surface area contributed by atoms with Gasteiger partial charge in [-0.1, -0.05) is 6.42 Å². The molecule has 0 radical (unpaired) electrons. The smallest absolute Gasteiger partial charge is 0.223 e. The highest BCUT2D eigenvalue weighted by molar-refractivity contribution is 7.07. The van der Waals surface area contributed by atoms with E-state index in [0.29, 0.717) is 0 Å². The van der Waals surface area contributed by atoms with Gasteiger partial charge in [0.25, 0.3) is 0 Å². The van der Waals surface area contributed by atoms with E-state index in [1.807, 2.05) is 0 Å². The van der Waals surface area contributed by atoms with Crippen LogP contribution in [-0.2, 0) is 11.3 Å². The molecule has 1 aliphatic carbocycles. The Balaban J connectivity index is 1.68. The molecule has 1 aromatic heterocycles. The van der Waals surface area contributed by atoms with E-state index in [4.69, 9.17) is 0 Å². The standard InChI is InChI=1S/C15H22N2OS/c1-16-14(18)13-3-2-5-15(13)6-7-17(11-15)9-12-4-8-19-10-12/h4,8,10,13H,2-3,5-7,9,11H2,1H3,(H,16,18)/t13-,15+/m0/s1. The Hall–Kier alpha value is -0.870. The van der Waals surface area contributed by atoms with Crippen LogP contribution in [0.3, 0.4) is 0 Å². The lowest BCUT2D eigenvalue weighted by Gasteiger charge is -2.30. The summed E-state index contributed by atoms with van der Waals surface area (Å²) in [7, 11) is 1.77. The number of carbonyl (C=O) groups is 1. The zero-order chi connectivity index (χ0) is 13.3. The lowest BCUT2D eigenvalue weighted by Crippen LogP contribution is -2.39. The molecule has 1 N–H and O–H groups in total. The Bertz CT molecular complexity index is 445. The molecule has 1 spiro atoms. The maximum atomic E-state index is 12.1. The predicted molar refractivity (Wildman–Crippen MR) is 78.1 cm³/mol. The van der Waals surface area contributed by atoms with Crippen molar-refractivity contribution in [3.8, 4) is 0 Å². The average molecular weight is 278 g/mol. The molecule has 0 aromatic carbocycles. The predicted octanol–water partition coefficient (Wildman–Crippen LogP) is 2.49. The van der Waals surface area contributed by atoms with Gasteiger partial charge in [0.05, 0.1) is 0 Å². The van der Waals surface area contributed by atoms with Crippen LogP contribution in [0, 0.1) is 11.3 Å². The number of hydrogen-bond donors (Lipinski definition) is 1. The van der Waals surface area contributed by atoms with Crippen LogP contribution in [0.25, 0.3) is 0 Å². The third-order valence-corrected chi connectivity index (χ3v) is 5.65. The van der Waals surface area contributed by atoms with E-state index < -0.39 is 0 Å². The molecule has 1 saturated carbocycles. The van der Waals surface area contributed by atoms with Crippen molar-refractivity contribution < 1.29 is 4.79 Å². The summed E-state index contributed by atoms with van der Waals surface area (Å²) in [5.74, 6) is 0.500. The van der Waals surface area contributed by atoms with E-state index in [1.165, 1.54) is 24.8 Å². The second-order valence-electron chi connectivity index (χ2n) is 6.01. The van der Waals surface area contributed by atoms with Crippen LogP contribution >= 0.6 is 11.3 Å². The van der Waals surface area contributed by atoms with Gasteiger partial charge in [-0.25, -0.2) is 0 Å². The van der Waals surface area contributed by atoms with Crippen molar-refractivity contribution >= 4 is 17.2 Å². The van der Waals surface area contributed by atoms with E-state index >= 15 is 0 Å². The van der Waals surface area contributed by atoms with Crippen LogP contribution in [0.4, 0.5) is 0 Å². The monoisotopic (exact) mass is 278 g/mol. The number of nitrogens with one attached hydrogen (secondary N) is 1. The number of likely N-dealkylation sites (tertiary alicyclic amines) is 1. The molecule has 104 valence electrons. The van der Waals surface area contributed by atoms with Crippen molar-refractivity contribution in [2.75, 3.05) is 20.1 Å². The first-order valence-electron chi connectivity index (χ1n) is 7.18. The molecule has 19 heavy (non-hydrogen) atoms. The van der Waals surface area contributed by atoms with Crippen LogP contribution < -0.4 is 5.32 Å². The minimum Gasteiger partial charge on any atom is -0.359 e. The second-order valence-corrected chi connectivity index (χ2v) is 6.79. The van der Waals surface area contributed by atoms with Gasteiger partial charge < -0.3 is 5.32 Å². The highest BCUT2D eigenvalue weighted by Gasteiger charge is 2.49. The number of rotatable bonds is 3. The van der Waals surface area contributed by atoms with E-state index in [0.717, 1.165) is 26.1 Å². The maximum absolute atomic E-state index is 12.1. The third kappa shape index (κ3) is 2.43. The van der Waals surface area contributed by atoms with Gasteiger partial charge in [-0.3, -0.25) is 9.69 Å². The first-order chi connectivity index (χ1) is 9.23. The van der Waals surface area contributed by atoms with E-state index in [1.54, 1.807) is 18.4 Å². The van der Waals surface area contributed by atoms with E-state index in [2.05, 4.69) is 27.0 Å². The zero-order valence-electron chi connectivity index (χ0n) is 11.5. The fourth-order valence-electron chi connectivity index (χ4n) is 3.97. The summed E-state index contributed by atoms with van der Waals surface area (Å²) >= 11 is 1.76. The minimum absolute atomic E-state index is 0.241. The molecule has 1 amide bonds. The summed E-state index contributed by atoms with van der Waals surface area (Å²) in [5.41, 5.74) is 1.67. The summed E-state index contributed by atoms with van der Waals surface area (Å²) in [6.07, 6.45) is 4.71. The molecule has 0 unspecified atom stereocenters. The van der Waals surface area contributed by atoms with E-state index in [-0.39, 0.29) is 17.2 Å². The Labute approximate surface area is 119 Å². The Kier molecular flexibility index (Phi) is 3.63. The Morgan fingerprint density at radius 3 is 3.21 bits per heavy atom. The van der Waals surface area contributed by atoms with Crippen LogP contribution in [0.5, 0.6) is 0 Å². The lowest BCUT2D eigenvalue weighted by molar-refractivity contribution is -0.127. The van der Waals surface area contributed by atoms with Crippen molar-refractivity contribution in [2.24, 2.45) is 11.3 Å². The minimum atomic E-state index is 0.241. The van der Waals surface area contributed by atoms with Gasteiger partial charge in [0.1, 0.15) is 0 Å². The molecular formula is C15H22N2OS. The Morgan fingerprint density at radius 2 is 2.47 bits per heavy atom. The fraction of sp³-hybridized carbons (Fsp3) is 0.667. The maximum Gasteiger partial charge on any atom is 0.223 e. The molecule has 3 nitrogen and oxygen atoms in total. The quantitative estimate of drug-likeness (QED) is 0.921. The zero-order valence-corrected chi connectivity index (χ0v) is 12.3. The summed E-state index contributed by atoms with van der Waals surface area (Å²) in [6, 6.07) is 2.21. The van der Waals surface area contributed by atoms with Crippen LogP contribution in [0.1, 0.15) is 31.2 Å². The summed E-state index contributed by atoms with van der Waals surface area (Å²) < 4.78 is 0. The number of nitrogens with zero attached hydrogens (tertiary/aromatic N) is 1. The van der Waals surface area contributed by atoms with Gasteiger partial charge in [0.2, 0.25) is 5.91 Å². The van der Waals surface area contributed by atoms with E-state index in [9.17, 15) is 4.79 Å². The van der Waals surface area contributed by atoms with Crippen LogP contribution in [0.15, 0.2) is 16.8 Å². The molecule has 2 aliphatic rings. The second kappa shape index (κ2) is 5.25. The summed E-state index contributed by atoms with van der Waals surface area (Å²) in [5, 5.41) is 7.24. The number of carbonyl (C=O) groups excluding carboxylic acids is 1. The lowest BCUT2D eigenvalue weighted by atomic mass is 9.76. The topological polar surface area (TPSA) is 32.3 Å². The van der Waals surface area contributed by atoms with Crippen LogP contribution in [-0.4, -0.2) is 30.9 Å². The number of amides is 1. The SMILES string of the molecule is CNC(=O)[C@@H]1CCC[C@]12CCN(Cc1ccsc1)C2. The van der Waals surface area contributed by atoms with Crippen molar-refractivity contribution in [1.82, 2.24) is 10.2 Å². The molecule has 4 heteroatoms. The first kappa shape index (κ1) is 13.1. The van der Waals surface area contributed by atoms with Crippen molar-refractivity contribution in [1.29, 1.82) is 0 Å². The summed E-state index contributed by atoms with van der Waals surface area (Å²) in [4.78, 5) is 14.6. The molecule has 1 aliphatic heterocycles. The average Bonchev–Trinajstić information content (AvgIpc) is 3.13. The van der Waals surface area contributed by atoms with Gasteiger partial charge in [-0.05, 0) is 53.6 Å². The first-order valence-corrected chi connectivity index (χ1v) is 8.13. The van der Waals surface area contributed by atoms with Gasteiger partial charge in [0.15, 0.2) is 0 Å². The highest BCUT2D eigenvalue weighted by Crippen LogP contribution is 2.50. The normalized spacial score (nSPS) is 31.1. The third-order valence-electron chi connectivity index (χ3n) is 4.92. The molecular weight excluding hydrogens is 256 g/mol. The summed E-state index contributed by atoms with van der Waals surface area (Å²) in [6.45, 7) is 3.29. The van der Waals surface area contributed by atoms with Crippen molar-refractivity contribution in [2.45, 2.75) is 32.2 Å². The molecule has 1 saturated heterocycles. The molecule has 1 aromatic rings. The number of hydrogen-bond acceptors (Lipinski definition) is 3. The van der Waals surface area contributed by atoms with Gasteiger partial charge in [-0.15, -0.1) is 0 Å². The van der Waals surface area contributed by atoms with Crippen LogP contribution in [0.2, 0.25) is 0 Å². The molecule has 2 fully saturated rings. The highest BCUT2D eigenvalue weighted by atomic mass is 32.1. The number of thiophene rings is 1. The van der Waals surface area contributed by atoms with Gasteiger partial charge >= 0.3 is 0 Å². The largest absolute Gasteiger partial charge is 0.359 e.